The number of fused-ring (bicyclic) bond motifs is 1. The molecular weight excluding hydrogens is 390 g/mol. The van der Waals surface area contributed by atoms with Crippen molar-refractivity contribution >= 4 is 11.8 Å². The summed E-state index contributed by atoms with van der Waals surface area (Å²) >= 11 is 0. The Hall–Kier alpha value is -2.18. The summed E-state index contributed by atoms with van der Waals surface area (Å²) in [6, 6.07) is 6.36. The average Bonchev–Trinajstić information content (AvgIpc) is 3.31. The van der Waals surface area contributed by atoms with Gasteiger partial charge < -0.3 is 19.4 Å². The highest BCUT2D eigenvalue weighted by Crippen LogP contribution is 2.52. The molecule has 1 spiro atoms. The first-order chi connectivity index (χ1) is 14.9. The summed E-state index contributed by atoms with van der Waals surface area (Å²) in [5, 5.41) is 0. The second-order valence-electron chi connectivity index (χ2n) is 9.63. The molecule has 3 fully saturated rings. The average molecular weight is 424 g/mol. The second kappa shape index (κ2) is 7.75. The number of hydrogen-bond acceptors (Lipinski definition) is 4. The number of carbonyl (C=O) groups excluding carboxylic acids is 2. The summed E-state index contributed by atoms with van der Waals surface area (Å²) in [4.78, 5) is 33.4. The van der Waals surface area contributed by atoms with E-state index < -0.39 is 17.4 Å². The molecule has 0 radical (unpaired) electrons. The molecule has 1 aromatic rings. The van der Waals surface area contributed by atoms with Gasteiger partial charge in [0.15, 0.2) is 0 Å². The fourth-order valence-corrected chi connectivity index (χ4v) is 5.83. The van der Waals surface area contributed by atoms with Crippen molar-refractivity contribution in [2.75, 3.05) is 39.3 Å². The summed E-state index contributed by atoms with van der Waals surface area (Å²) in [5.41, 5.74) is 2.97. The van der Waals surface area contributed by atoms with E-state index in [0.29, 0.717) is 13.1 Å². The van der Waals surface area contributed by atoms with Crippen molar-refractivity contribution < 1.29 is 14.3 Å². The predicted molar refractivity (Wildman–Crippen MR) is 118 cm³/mol. The Kier molecular flexibility index (Phi) is 5.18. The Morgan fingerprint density at radius 1 is 1.16 bits per heavy atom. The van der Waals surface area contributed by atoms with E-state index >= 15 is 0 Å². The molecule has 0 N–H and O–H groups in total. The molecule has 0 aromatic heterocycles. The van der Waals surface area contributed by atoms with Crippen molar-refractivity contribution in [1.29, 1.82) is 0 Å². The minimum atomic E-state index is -0.636. The number of amides is 2. The van der Waals surface area contributed by atoms with Crippen molar-refractivity contribution in [2.24, 2.45) is 11.8 Å². The van der Waals surface area contributed by atoms with E-state index in [1.807, 2.05) is 22.0 Å². The third-order valence-corrected chi connectivity index (χ3v) is 7.76. The van der Waals surface area contributed by atoms with Crippen LogP contribution in [0, 0.1) is 25.7 Å². The van der Waals surface area contributed by atoms with E-state index in [9.17, 15) is 9.59 Å². The summed E-state index contributed by atoms with van der Waals surface area (Å²) in [6.45, 7) is 11.9. The maximum Gasteiger partial charge on any atom is 0.230 e. The molecule has 0 unspecified atom stereocenters. The highest BCUT2D eigenvalue weighted by molar-refractivity contribution is 5.93. The van der Waals surface area contributed by atoms with Crippen LogP contribution in [0.4, 0.5) is 0 Å². The Bertz CT molecular complexity index is 929. The first-order valence-corrected chi connectivity index (χ1v) is 11.6. The van der Waals surface area contributed by atoms with E-state index in [0.717, 1.165) is 44.7 Å². The Morgan fingerprint density at radius 2 is 2.00 bits per heavy atom. The minimum Gasteiger partial charge on any atom is -0.360 e. The standard InChI is InChI=1S/C25H33N3O3/c1-4-26-10-5-11-27(13-12-26)23(29)21-20-8-9-25(31-20)16-28(24(30)22(21)25)15-19-7-6-17(2)18(3)14-19/h6-9,14,20-22H,4-5,10-13,15-16H2,1-3H3/t20-,21-,22-,25-/m0/s1. The molecule has 6 heteroatoms. The van der Waals surface area contributed by atoms with Crippen molar-refractivity contribution in [1.82, 2.24) is 14.7 Å². The monoisotopic (exact) mass is 423 g/mol. The molecule has 5 rings (SSSR count). The molecule has 4 aliphatic rings. The summed E-state index contributed by atoms with van der Waals surface area (Å²) in [6.07, 6.45) is 4.78. The van der Waals surface area contributed by atoms with Crippen LogP contribution in [0.3, 0.4) is 0 Å². The third kappa shape index (κ3) is 3.40. The molecule has 4 heterocycles. The lowest BCUT2D eigenvalue weighted by molar-refractivity contribution is -0.143. The number of hydrogen-bond donors (Lipinski definition) is 0. The van der Waals surface area contributed by atoms with Crippen LogP contribution >= 0.6 is 0 Å². The van der Waals surface area contributed by atoms with Gasteiger partial charge in [-0.25, -0.2) is 0 Å². The number of carbonyl (C=O) groups is 2. The van der Waals surface area contributed by atoms with Crippen molar-refractivity contribution in [2.45, 2.75) is 45.4 Å². The first kappa shape index (κ1) is 20.7. The van der Waals surface area contributed by atoms with Gasteiger partial charge in [-0.15, -0.1) is 0 Å². The second-order valence-corrected chi connectivity index (χ2v) is 9.63. The number of nitrogens with zero attached hydrogens (tertiary/aromatic N) is 3. The molecule has 0 aliphatic carbocycles. The number of ether oxygens (including phenoxy) is 1. The topological polar surface area (TPSA) is 53.1 Å². The zero-order valence-corrected chi connectivity index (χ0v) is 18.8. The number of rotatable bonds is 4. The van der Waals surface area contributed by atoms with E-state index in [-0.39, 0.29) is 17.9 Å². The van der Waals surface area contributed by atoms with E-state index in [2.05, 4.69) is 43.9 Å². The van der Waals surface area contributed by atoms with Crippen LogP contribution in [-0.4, -0.2) is 77.5 Å². The molecule has 0 saturated carbocycles. The Balaban J connectivity index is 1.35. The van der Waals surface area contributed by atoms with Gasteiger partial charge in [-0.2, -0.15) is 0 Å². The zero-order valence-electron chi connectivity index (χ0n) is 18.8. The molecule has 31 heavy (non-hydrogen) atoms. The van der Waals surface area contributed by atoms with Gasteiger partial charge in [-0.3, -0.25) is 9.59 Å². The Morgan fingerprint density at radius 3 is 2.77 bits per heavy atom. The summed E-state index contributed by atoms with van der Waals surface area (Å²) < 4.78 is 6.33. The maximum absolute atomic E-state index is 13.6. The van der Waals surface area contributed by atoms with Crippen LogP contribution in [0.1, 0.15) is 30.0 Å². The van der Waals surface area contributed by atoms with Gasteiger partial charge in [0.1, 0.15) is 5.60 Å². The van der Waals surface area contributed by atoms with Crippen molar-refractivity contribution in [3.63, 3.8) is 0 Å². The molecule has 2 amide bonds. The number of likely N-dealkylation sites (tertiary alicyclic amines) is 1. The molecule has 1 aromatic carbocycles. The molecule has 3 saturated heterocycles. The highest BCUT2D eigenvalue weighted by Gasteiger charge is 2.67. The SMILES string of the molecule is CCN1CCCN(C(=O)[C@H]2[C@@H]3C=C[C@@]4(CN(Cc5ccc(C)c(C)c5)C(=O)[C@H]24)O3)CC1. The fourth-order valence-electron chi connectivity index (χ4n) is 5.83. The first-order valence-electron chi connectivity index (χ1n) is 11.6. The van der Waals surface area contributed by atoms with E-state index in [1.165, 1.54) is 11.1 Å². The lowest BCUT2D eigenvalue weighted by Gasteiger charge is -2.29. The Labute approximate surface area is 184 Å². The molecule has 166 valence electrons. The lowest BCUT2D eigenvalue weighted by Crippen LogP contribution is -2.47. The van der Waals surface area contributed by atoms with E-state index in [4.69, 9.17) is 4.74 Å². The molecule has 6 nitrogen and oxygen atoms in total. The normalized spacial score (nSPS) is 32.6. The minimum absolute atomic E-state index is 0.0634. The largest absolute Gasteiger partial charge is 0.360 e. The quantitative estimate of drug-likeness (QED) is 0.697. The smallest absolute Gasteiger partial charge is 0.230 e. The van der Waals surface area contributed by atoms with Gasteiger partial charge >= 0.3 is 0 Å². The van der Waals surface area contributed by atoms with Crippen LogP contribution in [0.5, 0.6) is 0 Å². The van der Waals surface area contributed by atoms with Gasteiger partial charge in [0, 0.05) is 26.2 Å². The maximum atomic E-state index is 13.6. The zero-order chi connectivity index (χ0) is 21.8. The van der Waals surface area contributed by atoms with Crippen molar-refractivity contribution in [3.8, 4) is 0 Å². The molecule has 4 aliphatic heterocycles. The van der Waals surface area contributed by atoms with E-state index in [1.54, 1.807) is 0 Å². The van der Waals surface area contributed by atoms with Gasteiger partial charge in [0.05, 0.1) is 24.5 Å². The predicted octanol–water partition coefficient (Wildman–Crippen LogP) is 2.14. The molecule has 4 atom stereocenters. The summed E-state index contributed by atoms with van der Waals surface area (Å²) in [7, 11) is 0. The number of aryl methyl sites for hydroxylation is 2. The molecule has 2 bridgehead atoms. The molecular formula is C25H33N3O3. The van der Waals surface area contributed by atoms with Crippen LogP contribution < -0.4 is 0 Å². The van der Waals surface area contributed by atoms with Gasteiger partial charge in [-0.05, 0) is 50.0 Å². The fraction of sp³-hybridized carbons (Fsp3) is 0.600. The van der Waals surface area contributed by atoms with Crippen molar-refractivity contribution in [3.05, 3.63) is 47.0 Å². The number of benzene rings is 1. The van der Waals surface area contributed by atoms with Crippen LogP contribution in [0.25, 0.3) is 0 Å². The third-order valence-electron chi connectivity index (χ3n) is 7.76. The van der Waals surface area contributed by atoms with Crippen LogP contribution in [0.2, 0.25) is 0 Å². The van der Waals surface area contributed by atoms with Gasteiger partial charge in [0.25, 0.3) is 0 Å². The van der Waals surface area contributed by atoms with Crippen LogP contribution in [-0.2, 0) is 20.9 Å². The van der Waals surface area contributed by atoms with Crippen LogP contribution in [0.15, 0.2) is 30.4 Å². The lowest BCUT2D eigenvalue weighted by atomic mass is 9.76. The van der Waals surface area contributed by atoms with Gasteiger partial charge in [-0.1, -0.05) is 37.3 Å². The number of likely N-dealkylation sites (N-methyl/N-ethyl adjacent to an activating group) is 1. The van der Waals surface area contributed by atoms with Gasteiger partial charge in [0.2, 0.25) is 11.8 Å². The summed E-state index contributed by atoms with van der Waals surface area (Å²) in [5.74, 6) is -0.628. The highest BCUT2D eigenvalue weighted by atomic mass is 16.5.